The Morgan fingerprint density at radius 1 is 0.333 bits per heavy atom. The van der Waals surface area contributed by atoms with Gasteiger partial charge >= 0.3 is 0 Å². The standard InChI is InChI=1S/C56H66O10/c1-57-46-15-11-13-37(28-46)17-26-45(27-38-18-22-42(49(30-38)59-3)24-20-40-32-51(61-5)55(65-9)52(33-40)62-6)48(44-14-12-16-47(36-44)58-2)29-39-19-23-43(50(31-39)60-4)25-21-41-34-53(63-7)56(66-10)54(35-41)64-8/h11-16,18-19,22-23,28,30-36,45,48H,17,20-21,24-27,29H2,1-10H3/t45-,48+/m1/s1. The monoisotopic (exact) mass is 898 g/mol. The average molecular weight is 899 g/mol. The van der Waals surface area contributed by atoms with Crippen molar-refractivity contribution in [2.75, 3.05) is 71.1 Å². The van der Waals surface area contributed by atoms with Crippen molar-refractivity contribution in [2.24, 2.45) is 5.92 Å². The zero-order chi connectivity index (χ0) is 47.0. The van der Waals surface area contributed by atoms with Crippen molar-refractivity contribution in [3.05, 3.63) is 154 Å². The maximum Gasteiger partial charge on any atom is 0.203 e. The Balaban J connectivity index is 1.31. The van der Waals surface area contributed by atoms with E-state index in [1.165, 1.54) is 22.3 Å². The van der Waals surface area contributed by atoms with Crippen LogP contribution in [0.15, 0.2) is 109 Å². The van der Waals surface area contributed by atoms with Gasteiger partial charge in [0, 0.05) is 0 Å². The summed E-state index contributed by atoms with van der Waals surface area (Å²) in [6.07, 6.45) is 6.51. The molecule has 0 aliphatic heterocycles. The van der Waals surface area contributed by atoms with E-state index in [1.54, 1.807) is 71.1 Å². The fourth-order valence-corrected chi connectivity index (χ4v) is 8.97. The molecule has 0 unspecified atom stereocenters. The van der Waals surface area contributed by atoms with Crippen molar-refractivity contribution in [1.82, 2.24) is 0 Å². The van der Waals surface area contributed by atoms with Gasteiger partial charge in [0.15, 0.2) is 23.0 Å². The molecular weight excluding hydrogens is 833 g/mol. The zero-order valence-electron chi connectivity index (χ0n) is 40.3. The second kappa shape index (κ2) is 24.0. The Morgan fingerprint density at radius 2 is 0.773 bits per heavy atom. The fraction of sp³-hybridized carbons (Fsp3) is 0.357. The first-order valence-electron chi connectivity index (χ1n) is 22.4. The average Bonchev–Trinajstić information content (AvgIpc) is 3.37. The molecule has 2 atom stereocenters. The van der Waals surface area contributed by atoms with Crippen molar-refractivity contribution >= 4 is 0 Å². The molecule has 66 heavy (non-hydrogen) atoms. The summed E-state index contributed by atoms with van der Waals surface area (Å²) < 4.78 is 57.3. The summed E-state index contributed by atoms with van der Waals surface area (Å²) >= 11 is 0. The Kier molecular flexibility index (Phi) is 17.7. The highest BCUT2D eigenvalue weighted by atomic mass is 16.5. The Labute approximate surface area is 391 Å². The molecule has 350 valence electrons. The van der Waals surface area contributed by atoms with E-state index in [1.807, 2.05) is 36.4 Å². The highest BCUT2D eigenvalue weighted by Gasteiger charge is 2.26. The summed E-state index contributed by atoms with van der Waals surface area (Å²) in [7, 11) is 16.7. The van der Waals surface area contributed by atoms with Crippen molar-refractivity contribution < 1.29 is 47.4 Å². The smallest absolute Gasteiger partial charge is 0.203 e. The Morgan fingerprint density at radius 3 is 1.23 bits per heavy atom. The minimum atomic E-state index is 0.131. The van der Waals surface area contributed by atoms with Crippen LogP contribution in [0.4, 0.5) is 0 Å². The first-order chi connectivity index (χ1) is 32.2. The number of aryl methyl sites for hydroxylation is 5. The molecule has 0 bridgehead atoms. The van der Waals surface area contributed by atoms with E-state index in [-0.39, 0.29) is 11.8 Å². The molecule has 0 fully saturated rings. The van der Waals surface area contributed by atoms with Crippen LogP contribution in [0, 0.1) is 5.92 Å². The van der Waals surface area contributed by atoms with Gasteiger partial charge in [-0.05, 0) is 168 Å². The minimum absolute atomic E-state index is 0.131. The number of benzene rings is 6. The summed E-state index contributed by atoms with van der Waals surface area (Å²) in [5.74, 6) is 7.51. The molecule has 10 heteroatoms. The predicted molar refractivity (Wildman–Crippen MR) is 261 cm³/mol. The number of hydrogen-bond donors (Lipinski definition) is 0. The van der Waals surface area contributed by atoms with Crippen molar-refractivity contribution in [1.29, 1.82) is 0 Å². The van der Waals surface area contributed by atoms with Crippen molar-refractivity contribution in [3.8, 4) is 57.5 Å². The fourth-order valence-electron chi connectivity index (χ4n) is 8.97. The van der Waals surface area contributed by atoms with Crippen LogP contribution in [0.3, 0.4) is 0 Å². The molecule has 0 heterocycles. The van der Waals surface area contributed by atoms with Gasteiger partial charge < -0.3 is 47.4 Å². The summed E-state index contributed by atoms with van der Waals surface area (Å²) in [5, 5.41) is 0. The second-order valence-corrected chi connectivity index (χ2v) is 16.3. The van der Waals surface area contributed by atoms with Crippen LogP contribution >= 0.6 is 0 Å². The van der Waals surface area contributed by atoms with E-state index in [0.29, 0.717) is 34.5 Å². The van der Waals surface area contributed by atoms with E-state index in [9.17, 15) is 0 Å². The molecule has 0 radical (unpaired) electrons. The van der Waals surface area contributed by atoms with Crippen LogP contribution in [0.2, 0.25) is 0 Å². The maximum atomic E-state index is 6.09. The highest BCUT2D eigenvalue weighted by Crippen LogP contribution is 2.41. The first-order valence-corrected chi connectivity index (χ1v) is 22.4. The molecule has 0 saturated heterocycles. The van der Waals surface area contributed by atoms with Crippen LogP contribution in [-0.2, 0) is 44.9 Å². The van der Waals surface area contributed by atoms with E-state index < -0.39 is 0 Å². The molecule has 0 N–H and O–H groups in total. The van der Waals surface area contributed by atoms with E-state index >= 15 is 0 Å². The van der Waals surface area contributed by atoms with Crippen molar-refractivity contribution in [2.45, 2.75) is 57.3 Å². The first kappa shape index (κ1) is 48.8. The maximum absolute atomic E-state index is 6.09. The van der Waals surface area contributed by atoms with E-state index in [0.717, 1.165) is 96.6 Å². The molecule has 0 saturated carbocycles. The van der Waals surface area contributed by atoms with Gasteiger partial charge in [0.05, 0.1) is 71.1 Å². The topological polar surface area (TPSA) is 92.3 Å². The van der Waals surface area contributed by atoms with E-state index in [4.69, 9.17) is 47.4 Å². The summed E-state index contributed by atoms with van der Waals surface area (Å²) in [5.41, 5.74) is 9.29. The lowest BCUT2D eigenvalue weighted by Gasteiger charge is -2.29. The van der Waals surface area contributed by atoms with Crippen LogP contribution in [0.5, 0.6) is 57.5 Å². The van der Waals surface area contributed by atoms with Crippen LogP contribution in [-0.4, -0.2) is 71.1 Å². The van der Waals surface area contributed by atoms with Gasteiger partial charge in [-0.15, -0.1) is 0 Å². The molecule has 6 aromatic rings. The van der Waals surface area contributed by atoms with Crippen LogP contribution < -0.4 is 47.4 Å². The quantitative estimate of drug-likeness (QED) is 0.0553. The second-order valence-electron chi connectivity index (χ2n) is 16.3. The molecule has 10 nitrogen and oxygen atoms in total. The van der Waals surface area contributed by atoms with Crippen LogP contribution in [0.1, 0.15) is 56.8 Å². The molecule has 6 aromatic carbocycles. The normalized spacial score (nSPS) is 11.8. The largest absolute Gasteiger partial charge is 0.497 e. The summed E-state index contributed by atoms with van der Waals surface area (Å²) in [4.78, 5) is 0. The Bertz CT molecular complexity index is 2450. The van der Waals surface area contributed by atoms with Crippen LogP contribution in [0.25, 0.3) is 0 Å². The van der Waals surface area contributed by atoms with E-state index in [2.05, 4.69) is 72.8 Å². The summed E-state index contributed by atoms with van der Waals surface area (Å²) in [6, 6.07) is 38.3. The van der Waals surface area contributed by atoms with Gasteiger partial charge in [-0.2, -0.15) is 0 Å². The number of rotatable bonds is 25. The lowest BCUT2D eigenvalue weighted by Crippen LogP contribution is -2.20. The molecule has 0 aliphatic rings. The predicted octanol–water partition coefficient (Wildman–Crippen LogP) is 11.2. The third kappa shape index (κ3) is 12.2. The molecule has 0 aliphatic carbocycles. The third-order valence-corrected chi connectivity index (χ3v) is 12.5. The third-order valence-electron chi connectivity index (χ3n) is 12.5. The van der Waals surface area contributed by atoms with Gasteiger partial charge in [0.25, 0.3) is 0 Å². The lowest BCUT2D eigenvalue weighted by atomic mass is 9.75. The van der Waals surface area contributed by atoms with Gasteiger partial charge in [-0.3, -0.25) is 0 Å². The van der Waals surface area contributed by atoms with Gasteiger partial charge in [0.1, 0.15) is 23.0 Å². The summed E-state index contributed by atoms with van der Waals surface area (Å²) in [6.45, 7) is 0. The number of hydrogen-bond acceptors (Lipinski definition) is 10. The highest BCUT2D eigenvalue weighted by molar-refractivity contribution is 5.55. The molecular formula is C56H66O10. The van der Waals surface area contributed by atoms with Crippen molar-refractivity contribution in [3.63, 3.8) is 0 Å². The lowest BCUT2D eigenvalue weighted by molar-refractivity contribution is 0.323. The molecule has 0 aromatic heterocycles. The SMILES string of the molecule is COc1cccc(CC[C@H](Cc2ccc(CCc3cc(OC)c(OC)c(OC)c3)c(OC)c2)[C@@H](Cc2ccc(CCc3cc(OC)c(OC)c(OC)c3)c(OC)c2)c2cccc(OC)c2)c1. The number of methoxy groups -OCH3 is 10. The molecule has 0 spiro atoms. The van der Waals surface area contributed by atoms with Gasteiger partial charge in [0.2, 0.25) is 11.5 Å². The number of ether oxygens (including phenoxy) is 10. The Hall–Kier alpha value is -6.68. The van der Waals surface area contributed by atoms with Gasteiger partial charge in [-0.25, -0.2) is 0 Å². The van der Waals surface area contributed by atoms with Gasteiger partial charge in [-0.1, -0.05) is 48.5 Å². The minimum Gasteiger partial charge on any atom is -0.497 e. The molecule has 0 amide bonds. The zero-order valence-corrected chi connectivity index (χ0v) is 40.3. The molecule has 6 rings (SSSR count).